The molecule has 1 saturated heterocycles. The fourth-order valence-corrected chi connectivity index (χ4v) is 3.21. The van der Waals surface area contributed by atoms with Crippen molar-refractivity contribution in [3.63, 3.8) is 0 Å². The van der Waals surface area contributed by atoms with Crippen LogP contribution in [0.15, 0.2) is 41.8 Å². The number of hydrogen-bond donors (Lipinski definition) is 1. The molecule has 2 rings (SSSR count). The first-order chi connectivity index (χ1) is 9.60. The summed E-state index contributed by atoms with van der Waals surface area (Å²) in [4.78, 5) is 18.4. The van der Waals surface area contributed by atoms with E-state index >= 15 is 0 Å². The highest BCUT2D eigenvalue weighted by Gasteiger charge is 2.36. The number of aliphatic hydroxyl groups excluding tert-OH is 1. The molecular formula is C16H22N2O2. The van der Waals surface area contributed by atoms with E-state index in [1.54, 1.807) is 6.08 Å². The van der Waals surface area contributed by atoms with Crippen molar-refractivity contribution in [1.82, 2.24) is 4.90 Å². The van der Waals surface area contributed by atoms with Crippen LogP contribution in [0.2, 0.25) is 0 Å². The van der Waals surface area contributed by atoms with Gasteiger partial charge in [-0.3, -0.25) is 9.69 Å². The zero-order valence-electron chi connectivity index (χ0n) is 11.8. The molecule has 1 heterocycles. The number of carbonyl (C=O) groups is 1. The van der Waals surface area contributed by atoms with Crippen LogP contribution in [-0.2, 0) is 4.79 Å². The van der Waals surface area contributed by atoms with Gasteiger partial charge in [0.1, 0.15) is 11.5 Å². The van der Waals surface area contributed by atoms with Crippen LogP contribution in [-0.4, -0.2) is 41.6 Å². The maximum atomic E-state index is 12.2. The number of Topliss-reactive ketones (excluding diaryl/α,β-unsaturated/α-hetero) is 1. The van der Waals surface area contributed by atoms with Crippen LogP contribution < -0.4 is 0 Å². The Hall–Kier alpha value is -1.68. The zero-order valence-corrected chi connectivity index (χ0v) is 11.8. The summed E-state index contributed by atoms with van der Waals surface area (Å²) in [6, 6.07) is 0. The van der Waals surface area contributed by atoms with E-state index in [4.69, 9.17) is 5.11 Å². The van der Waals surface area contributed by atoms with Crippen molar-refractivity contribution < 1.29 is 9.90 Å². The normalized spacial score (nSPS) is 26.9. The predicted molar refractivity (Wildman–Crippen MR) is 80.8 cm³/mol. The molecule has 1 aliphatic heterocycles. The summed E-state index contributed by atoms with van der Waals surface area (Å²) in [5.41, 5.74) is 0.312. The van der Waals surface area contributed by atoms with Crippen LogP contribution in [0.4, 0.5) is 0 Å². The quantitative estimate of drug-likeness (QED) is 0.350. The Balaban J connectivity index is 1.94. The van der Waals surface area contributed by atoms with Crippen molar-refractivity contribution >= 4 is 12.0 Å². The highest BCUT2D eigenvalue weighted by atomic mass is 16.3. The van der Waals surface area contributed by atoms with Gasteiger partial charge in [-0.15, -0.1) is 0 Å². The zero-order chi connectivity index (χ0) is 14.5. The van der Waals surface area contributed by atoms with Crippen LogP contribution in [0.25, 0.3) is 0 Å². The van der Waals surface area contributed by atoms with Gasteiger partial charge in [0.2, 0.25) is 0 Å². The molecule has 20 heavy (non-hydrogen) atoms. The minimum atomic E-state index is -0.163. The molecule has 0 aromatic carbocycles. The second kappa shape index (κ2) is 6.66. The second-order valence-corrected chi connectivity index (χ2v) is 5.61. The molecule has 0 spiro atoms. The lowest BCUT2D eigenvalue weighted by Crippen LogP contribution is -2.29. The van der Waals surface area contributed by atoms with E-state index in [2.05, 4.69) is 23.1 Å². The first kappa shape index (κ1) is 14.7. The van der Waals surface area contributed by atoms with Gasteiger partial charge in [-0.2, -0.15) is 0 Å². The fraction of sp³-hybridized carbons (Fsp3) is 0.500. The lowest BCUT2D eigenvalue weighted by molar-refractivity contribution is -0.116. The topological polar surface area (TPSA) is 52.9 Å². The van der Waals surface area contributed by atoms with Gasteiger partial charge in [-0.25, -0.2) is 4.99 Å². The van der Waals surface area contributed by atoms with Gasteiger partial charge < -0.3 is 5.11 Å². The molecule has 0 radical (unpaired) electrons. The van der Waals surface area contributed by atoms with Crippen molar-refractivity contribution in [1.29, 1.82) is 0 Å². The number of carbonyl (C=O) groups excluding carboxylic acids is 1. The number of rotatable bonds is 6. The first-order valence-electron chi connectivity index (χ1n) is 7.10. The smallest absolute Gasteiger partial charge is 0.195 e. The standard InChI is InChI=1S/C16H22N2O2/c1-3-5-15(17-8-12(2)19)16(20)11-18-9-13-6-4-7-14(13)10-18/h3,5,8,13-14,19H,1-2,4,6-7,9-11H2/b15-5-,17-8-/t13-,14+. The van der Waals surface area contributed by atoms with Crippen LogP contribution >= 0.6 is 0 Å². The average molecular weight is 274 g/mol. The summed E-state index contributed by atoms with van der Waals surface area (Å²) in [6.07, 6.45) is 8.22. The molecule has 108 valence electrons. The van der Waals surface area contributed by atoms with E-state index in [1.807, 2.05) is 0 Å². The SMILES string of the molecule is C=C/C=C(\N=C/C(=C)O)C(=O)CN1C[C@H]2CCC[C@H]2C1. The summed E-state index contributed by atoms with van der Waals surface area (Å²) < 4.78 is 0. The minimum Gasteiger partial charge on any atom is -0.507 e. The number of hydrogen-bond acceptors (Lipinski definition) is 4. The van der Waals surface area contributed by atoms with Crippen molar-refractivity contribution in [2.24, 2.45) is 16.8 Å². The number of nitrogens with zero attached hydrogens (tertiary/aromatic N) is 2. The van der Waals surface area contributed by atoms with Crippen LogP contribution in [0.5, 0.6) is 0 Å². The summed E-state index contributed by atoms with van der Waals surface area (Å²) in [5.74, 6) is 1.34. The Bertz CT molecular complexity index is 453. The molecule has 0 unspecified atom stereocenters. The molecule has 0 aromatic heterocycles. The van der Waals surface area contributed by atoms with E-state index in [-0.39, 0.29) is 11.5 Å². The number of likely N-dealkylation sites (tertiary alicyclic amines) is 1. The van der Waals surface area contributed by atoms with Gasteiger partial charge in [-0.05, 0) is 30.8 Å². The molecular weight excluding hydrogens is 252 g/mol. The molecule has 2 aliphatic rings. The van der Waals surface area contributed by atoms with E-state index in [0.29, 0.717) is 12.2 Å². The van der Waals surface area contributed by atoms with Gasteiger partial charge in [0, 0.05) is 13.1 Å². The maximum absolute atomic E-state index is 12.2. The van der Waals surface area contributed by atoms with Gasteiger partial charge in [0.15, 0.2) is 5.78 Å². The van der Waals surface area contributed by atoms with Crippen molar-refractivity contribution in [2.75, 3.05) is 19.6 Å². The Morgan fingerprint density at radius 2 is 2.00 bits per heavy atom. The molecule has 0 aromatic rings. The van der Waals surface area contributed by atoms with Crippen LogP contribution in [0.3, 0.4) is 0 Å². The number of aliphatic imine (C=N–C) groups is 1. The molecule has 1 saturated carbocycles. The second-order valence-electron chi connectivity index (χ2n) is 5.61. The summed E-state index contributed by atoms with van der Waals surface area (Å²) >= 11 is 0. The Morgan fingerprint density at radius 1 is 1.35 bits per heavy atom. The predicted octanol–water partition coefficient (Wildman–Crippen LogP) is 2.50. The molecule has 0 bridgehead atoms. The Morgan fingerprint density at radius 3 is 2.55 bits per heavy atom. The van der Waals surface area contributed by atoms with Gasteiger partial charge in [0.05, 0.1) is 12.8 Å². The van der Waals surface area contributed by atoms with Gasteiger partial charge in [0.25, 0.3) is 0 Å². The fourth-order valence-electron chi connectivity index (χ4n) is 3.21. The first-order valence-corrected chi connectivity index (χ1v) is 7.10. The van der Waals surface area contributed by atoms with Gasteiger partial charge in [-0.1, -0.05) is 25.7 Å². The summed E-state index contributed by atoms with van der Waals surface area (Å²) in [6.45, 7) is 9.34. The third kappa shape index (κ3) is 3.67. The van der Waals surface area contributed by atoms with Crippen molar-refractivity contribution in [3.05, 3.63) is 36.8 Å². The van der Waals surface area contributed by atoms with E-state index < -0.39 is 0 Å². The summed E-state index contributed by atoms with van der Waals surface area (Å²) in [5, 5.41) is 9.03. The number of fused-ring (bicyclic) bond motifs is 1. The molecule has 2 atom stereocenters. The Kier molecular flexibility index (Phi) is 4.90. The number of aliphatic hydroxyl groups is 1. The van der Waals surface area contributed by atoms with Crippen LogP contribution in [0.1, 0.15) is 19.3 Å². The monoisotopic (exact) mass is 274 g/mol. The van der Waals surface area contributed by atoms with Crippen molar-refractivity contribution in [3.8, 4) is 0 Å². The number of ketones is 1. The minimum absolute atomic E-state index is 0.0395. The average Bonchev–Trinajstić information content (AvgIpc) is 2.94. The highest BCUT2D eigenvalue weighted by Crippen LogP contribution is 2.37. The number of allylic oxidation sites excluding steroid dienone is 3. The van der Waals surface area contributed by atoms with Crippen LogP contribution in [0, 0.1) is 11.8 Å². The van der Waals surface area contributed by atoms with E-state index in [9.17, 15) is 4.79 Å². The van der Waals surface area contributed by atoms with Crippen molar-refractivity contribution in [2.45, 2.75) is 19.3 Å². The molecule has 2 fully saturated rings. The molecule has 1 aliphatic carbocycles. The molecule has 4 nitrogen and oxygen atoms in total. The maximum Gasteiger partial charge on any atom is 0.195 e. The lowest BCUT2D eigenvalue weighted by atomic mass is 10.0. The Labute approximate surface area is 120 Å². The molecule has 1 N–H and O–H groups in total. The third-order valence-electron chi connectivity index (χ3n) is 4.08. The molecule has 0 amide bonds. The highest BCUT2D eigenvalue weighted by molar-refractivity contribution is 5.98. The third-order valence-corrected chi connectivity index (χ3v) is 4.08. The molecule has 4 heteroatoms. The summed E-state index contributed by atoms with van der Waals surface area (Å²) in [7, 11) is 0. The largest absolute Gasteiger partial charge is 0.507 e. The van der Waals surface area contributed by atoms with Gasteiger partial charge >= 0.3 is 0 Å². The lowest BCUT2D eigenvalue weighted by Gasteiger charge is -2.15. The van der Waals surface area contributed by atoms with E-state index in [0.717, 1.165) is 24.9 Å². The van der Waals surface area contributed by atoms with E-state index in [1.165, 1.54) is 31.6 Å².